The van der Waals surface area contributed by atoms with E-state index in [-0.39, 0.29) is 5.28 Å². The van der Waals surface area contributed by atoms with E-state index in [0.717, 1.165) is 5.39 Å². The van der Waals surface area contributed by atoms with E-state index in [9.17, 15) is 4.79 Å². The van der Waals surface area contributed by atoms with Crippen LogP contribution < -0.4 is 5.73 Å². The molecule has 0 spiro atoms. The minimum atomic E-state index is -0.546. The minimum Gasteiger partial charge on any atom is -0.366 e. The van der Waals surface area contributed by atoms with E-state index in [0.29, 0.717) is 16.9 Å². The molecule has 0 aliphatic rings. The SMILES string of the molecule is NC(=O)c1cnn(-c2nc(Cl)nc3ccccc23)c1. The van der Waals surface area contributed by atoms with E-state index in [2.05, 4.69) is 15.1 Å². The van der Waals surface area contributed by atoms with Crippen LogP contribution in [0.5, 0.6) is 0 Å². The second kappa shape index (κ2) is 4.33. The summed E-state index contributed by atoms with van der Waals surface area (Å²) < 4.78 is 1.45. The van der Waals surface area contributed by atoms with Gasteiger partial charge >= 0.3 is 0 Å². The van der Waals surface area contributed by atoms with Crippen molar-refractivity contribution in [3.05, 3.63) is 47.5 Å². The first-order chi connectivity index (χ1) is 9.15. The monoisotopic (exact) mass is 273 g/mol. The van der Waals surface area contributed by atoms with E-state index < -0.39 is 5.91 Å². The summed E-state index contributed by atoms with van der Waals surface area (Å²) in [4.78, 5) is 19.4. The Balaban J connectivity index is 2.26. The summed E-state index contributed by atoms with van der Waals surface area (Å²) in [6.07, 6.45) is 2.89. The van der Waals surface area contributed by atoms with Gasteiger partial charge in [-0.3, -0.25) is 4.79 Å². The number of primary amides is 1. The van der Waals surface area contributed by atoms with E-state index in [1.165, 1.54) is 17.1 Å². The number of carbonyl (C=O) groups excluding carboxylic acids is 1. The molecule has 3 rings (SSSR count). The van der Waals surface area contributed by atoms with Crippen LogP contribution in [0.25, 0.3) is 16.7 Å². The Labute approximate surface area is 112 Å². The summed E-state index contributed by atoms with van der Waals surface area (Å²) in [6, 6.07) is 7.40. The van der Waals surface area contributed by atoms with Crippen LogP contribution in [-0.4, -0.2) is 25.7 Å². The zero-order valence-corrected chi connectivity index (χ0v) is 10.4. The van der Waals surface area contributed by atoms with Gasteiger partial charge in [-0.2, -0.15) is 10.1 Å². The number of nitrogens with two attached hydrogens (primary N) is 1. The average molecular weight is 274 g/mol. The van der Waals surface area contributed by atoms with Crippen molar-refractivity contribution in [2.45, 2.75) is 0 Å². The molecular formula is C12H8ClN5O. The van der Waals surface area contributed by atoms with Gasteiger partial charge in [0.1, 0.15) is 0 Å². The van der Waals surface area contributed by atoms with Gasteiger partial charge in [0.15, 0.2) is 5.82 Å². The fraction of sp³-hybridized carbons (Fsp3) is 0. The lowest BCUT2D eigenvalue weighted by molar-refractivity contribution is 0.100. The molecule has 94 valence electrons. The van der Waals surface area contributed by atoms with Crippen molar-refractivity contribution in [1.29, 1.82) is 0 Å². The van der Waals surface area contributed by atoms with Gasteiger partial charge in [-0.15, -0.1) is 0 Å². The Morgan fingerprint density at radius 2 is 2.05 bits per heavy atom. The Morgan fingerprint density at radius 3 is 2.79 bits per heavy atom. The Morgan fingerprint density at radius 1 is 1.26 bits per heavy atom. The quantitative estimate of drug-likeness (QED) is 0.718. The molecule has 6 nitrogen and oxygen atoms in total. The molecule has 0 aliphatic heterocycles. The van der Waals surface area contributed by atoms with Crippen LogP contribution in [0.15, 0.2) is 36.7 Å². The lowest BCUT2D eigenvalue weighted by Crippen LogP contribution is -2.09. The molecule has 19 heavy (non-hydrogen) atoms. The predicted molar refractivity (Wildman–Crippen MR) is 70.2 cm³/mol. The van der Waals surface area contributed by atoms with Gasteiger partial charge in [-0.1, -0.05) is 12.1 Å². The summed E-state index contributed by atoms with van der Waals surface area (Å²) in [5.41, 5.74) is 6.20. The molecule has 0 saturated carbocycles. The van der Waals surface area contributed by atoms with Crippen LogP contribution in [0.4, 0.5) is 0 Å². The number of hydrogen-bond acceptors (Lipinski definition) is 4. The molecule has 0 fully saturated rings. The van der Waals surface area contributed by atoms with E-state index in [1.54, 1.807) is 0 Å². The van der Waals surface area contributed by atoms with Gasteiger partial charge in [-0.05, 0) is 23.7 Å². The van der Waals surface area contributed by atoms with Crippen molar-refractivity contribution in [1.82, 2.24) is 19.7 Å². The standard InChI is InChI=1S/C12H8ClN5O/c13-12-16-9-4-2-1-3-8(9)11(17-12)18-6-7(5-15-18)10(14)19/h1-6H,(H2,14,19). The number of fused-ring (bicyclic) bond motifs is 1. The van der Waals surface area contributed by atoms with Crippen LogP contribution in [0.3, 0.4) is 0 Å². The number of amides is 1. The third-order valence-electron chi connectivity index (χ3n) is 2.64. The van der Waals surface area contributed by atoms with Crippen LogP contribution in [0.2, 0.25) is 5.28 Å². The number of aromatic nitrogens is 4. The van der Waals surface area contributed by atoms with Crippen molar-refractivity contribution in [2.75, 3.05) is 0 Å². The number of hydrogen-bond donors (Lipinski definition) is 1. The van der Waals surface area contributed by atoms with Crippen molar-refractivity contribution in [2.24, 2.45) is 5.73 Å². The highest BCUT2D eigenvalue weighted by Crippen LogP contribution is 2.20. The largest absolute Gasteiger partial charge is 0.366 e. The first-order valence-corrected chi connectivity index (χ1v) is 5.80. The van der Waals surface area contributed by atoms with Gasteiger partial charge in [0, 0.05) is 11.6 Å². The molecule has 0 atom stereocenters. The highest BCUT2D eigenvalue weighted by molar-refractivity contribution is 6.28. The van der Waals surface area contributed by atoms with Gasteiger partial charge in [0.25, 0.3) is 5.91 Å². The van der Waals surface area contributed by atoms with Crippen LogP contribution in [0, 0.1) is 0 Å². The molecule has 7 heteroatoms. The fourth-order valence-electron chi connectivity index (χ4n) is 1.77. The van der Waals surface area contributed by atoms with Crippen LogP contribution >= 0.6 is 11.6 Å². The molecular weight excluding hydrogens is 266 g/mol. The highest BCUT2D eigenvalue weighted by Gasteiger charge is 2.11. The third kappa shape index (κ3) is 2.02. The maximum absolute atomic E-state index is 11.1. The van der Waals surface area contributed by atoms with Crippen molar-refractivity contribution in [3.63, 3.8) is 0 Å². The molecule has 0 unspecified atom stereocenters. The smallest absolute Gasteiger partial charge is 0.251 e. The van der Waals surface area contributed by atoms with Crippen molar-refractivity contribution in [3.8, 4) is 5.82 Å². The summed E-state index contributed by atoms with van der Waals surface area (Å²) in [5.74, 6) is -0.0428. The van der Waals surface area contributed by atoms with Gasteiger partial charge in [0.2, 0.25) is 5.28 Å². The molecule has 0 aliphatic carbocycles. The Hall–Kier alpha value is -2.47. The Kier molecular flexibility index (Phi) is 2.64. The van der Waals surface area contributed by atoms with Crippen LogP contribution in [0.1, 0.15) is 10.4 Å². The summed E-state index contributed by atoms with van der Waals surface area (Å²) in [6.45, 7) is 0. The minimum absolute atomic E-state index is 0.116. The van der Waals surface area contributed by atoms with E-state index >= 15 is 0 Å². The number of nitrogens with zero attached hydrogens (tertiary/aromatic N) is 4. The zero-order chi connectivity index (χ0) is 13.4. The number of carbonyl (C=O) groups is 1. The van der Waals surface area contributed by atoms with E-state index in [4.69, 9.17) is 17.3 Å². The summed E-state index contributed by atoms with van der Waals surface area (Å²) in [5, 5.41) is 4.96. The molecule has 1 amide bonds. The fourth-order valence-corrected chi connectivity index (χ4v) is 1.94. The molecule has 2 aromatic heterocycles. The topological polar surface area (TPSA) is 86.7 Å². The molecule has 0 radical (unpaired) electrons. The molecule has 0 saturated heterocycles. The second-order valence-electron chi connectivity index (χ2n) is 3.87. The van der Waals surface area contributed by atoms with Crippen molar-refractivity contribution < 1.29 is 4.79 Å². The molecule has 2 N–H and O–H groups in total. The first kappa shape index (κ1) is 11.6. The predicted octanol–water partition coefficient (Wildman–Crippen LogP) is 1.57. The normalized spacial score (nSPS) is 10.8. The number of benzene rings is 1. The first-order valence-electron chi connectivity index (χ1n) is 5.42. The van der Waals surface area contributed by atoms with Crippen LogP contribution in [-0.2, 0) is 0 Å². The lowest BCUT2D eigenvalue weighted by Gasteiger charge is -2.05. The van der Waals surface area contributed by atoms with E-state index in [1.807, 2.05) is 24.3 Å². The maximum Gasteiger partial charge on any atom is 0.251 e. The van der Waals surface area contributed by atoms with Gasteiger partial charge < -0.3 is 5.73 Å². The number of rotatable bonds is 2. The summed E-state index contributed by atoms with van der Waals surface area (Å²) in [7, 11) is 0. The summed E-state index contributed by atoms with van der Waals surface area (Å²) >= 11 is 5.89. The second-order valence-corrected chi connectivity index (χ2v) is 4.21. The van der Waals surface area contributed by atoms with Gasteiger partial charge in [0.05, 0.1) is 17.3 Å². The zero-order valence-electron chi connectivity index (χ0n) is 9.62. The third-order valence-corrected chi connectivity index (χ3v) is 2.81. The maximum atomic E-state index is 11.1. The highest BCUT2D eigenvalue weighted by atomic mass is 35.5. The molecule has 1 aromatic carbocycles. The molecule has 0 bridgehead atoms. The van der Waals surface area contributed by atoms with Gasteiger partial charge in [-0.25, -0.2) is 9.67 Å². The molecule has 3 aromatic rings. The average Bonchev–Trinajstić information content (AvgIpc) is 2.87. The van der Waals surface area contributed by atoms with Crippen molar-refractivity contribution >= 4 is 28.4 Å². The Bertz CT molecular complexity index is 783. The number of para-hydroxylation sites is 1. The molecule has 2 heterocycles. The number of halogens is 1. The lowest BCUT2D eigenvalue weighted by atomic mass is 10.2.